The summed E-state index contributed by atoms with van der Waals surface area (Å²) in [6.45, 7) is 8.94. The van der Waals surface area contributed by atoms with Crippen LogP contribution in [0.15, 0.2) is 24.4 Å². The van der Waals surface area contributed by atoms with Gasteiger partial charge >= 0.3 is 0 Å². The first-order valence-electron chi connectivity index (χ1n) is 9.08. The summed E-state index contributed by atoms with van der Waals surface area (Å²) in [5, 5.41) is 11.1. The molecule has 1 saturated heterocycles. The highest BCUT2D eigenvalue weighted by atomic mass is 32.1. The van der Waals surface area contributed by atoms with E-state index in [4.69, 9.17) is 17.0 Å². The predicted molar refractivity (Wildman–Crippen MR) is 110 cm³/mol. The highest BCUT2D eigenvalue weighted by Crippen LogP contribution is 2.21. The van der Waals surface area contributed by atoms with Crippen LogP contribution in [-0.2, 0) is 11.3 Å². The summed E-state index contributed by atoms with van der Waals surface area (Å²) in [7, 11) is 0. The predicted octanol–water partition coefficient (Wildman–Crippen LogP) is 2.80. The van der Waals surface area contributed by atoms with Crippen LogP contribution in [0.25, 0.3) is 0 Å². The van der Waals surface area contributed by atoms with E-state index in [0.717, 1.165) is 11.3 Å². The van der Waals surface area contributed by atoms with E-state index in [9.17, 15) is 4.79 Å². The second-order valence-corrected chi connectivity index (χ2v) is 6.86. The van der Waals surface area contributed by atoms with E-state index in [0.29, 0.717) is 49.3 Å². The molecule has 1 fully saturated rings. The first-order chi connectivity index (χ1) is 13.0. The number of nitrogens with one attached hydrogen (secondary N) is 2. The number of benzene rings is 1. The Labute approximate surface area is 164 Å². The van der Waals surface area contributed by atoms with Crippen molar-refractivity contribution in [3.8, 4) is 0 Å². The van der Waals surface area contributed by atoms with E-state index in [1.807, 2.05) is 26.0 Å². The summed E-state index contributed by atoms with van der Waals surface area (Å²) in [6.07, 6.45) is 1.65. The number of aromatic nitrogens is 2. The quantitative estimate of drug-likeness (QED) is 0.786. The minimum atomic E-state index is -0.0605. The molecule has 3 rings (SSSR count). The molecule has 144 valence electrons. The van der Waals surface area contributed by atoms with Crippen LogP contribution >= 0.6 is 12.2 Å². The number of hydrogen-bond donors (Lipinski definition) is 2. The third-order valence-electron chi connectivity index (χ3n) is 4.74. The number of anilines is 2. The van der Waals surface area contributed by atoms with Gasteiger partial charge in [0.15, 0.2) is 5.11 Å². The molecule has 2 N–H and O–H groups in total. The number of thiocarbonyl (C=S) groups is 1. The summed E-state index contributed by atoms with van der Waals surface area (Å²) in [6, 6.07) is 6.02. The average Bonchev–Trinajstić information content (AvgIpc) is 3.08. The topological polar surface area (TPSA) is 71.4 Å². The molecule has 0 aliphatic carbocycles. The Hall–Kier alpha value is -2.45. The highest BCUT2D eigenvalue weighted by molar-refractivity contribution is 7.80. The van der Waals surface area contributed by atoms with Gasteiger partial charge in [0.2, 0.25) is 0 Å². The van der Waals surface area contributed by atoms with Crippen molar-refractivity contribution in [3.63, 3.8) is 0 Å². The molecule has 2 aromatic rings. The minimum Gasteiger partial charge on any atom is -0.378 e. The van der Waals surface area contributed by atoms with E-state index >= 15 is 0 Å². The summed E-state index contributed by atoms with van der Waals surface area (Å²) in [5.41, 5.74) is 4.39. The lowest BCUT2D eigenvalue weighted by atomic mass is 10.1. The number of rotatable bonds is 4. The van der Waals surface area contributed by atoms with Gasteiger partial charge in [-0.3, -0.25) is 9.48 Å². The molecule has 27 heavy (non-hydrogen) atoms. The maximum absolute atomic E-state index is 13.0. The molecular formula is C19H25N5O2S. The van der Waals surface area contributed by atoms with E-state index in [-0.39, 0.29) is 5.91 Å². The Morgan fingerprint density at radius 3 is 2.63 bits per heavy atom. The Morgan fingerprint density at radius 2 is 1.93 bits per heavy atom. The third-order valence-corrected chi connectivity index (χ3v) is 4.95. The molecule has 8 heteroatoms. The van der Waals surface area contributed by atoms with Gasteiger partial charge < -0.3 is 20.3 Å². The molecule has 1 aromatic heterocycles. The van der Waals surface area contributed by atoms with Crippen LogP contribution in [-0.4, -0.2) is 52.0 Å². The fraction of sp³-hybridized carbons (Fsp3) is 0.421. The number of amides is 1. The zero-order valence-electron chi connectivity index (χ0n) is 15.9. The van der Waals surface area contributed by atoms with Gasteiger partial charge in [-0.25, -0.2) is 0 Å². The summed E-state index contributed by atoms with van der Waals surface area (Å²) in [4.78, 5) is 14.8. The number of carbonyl (C=O) groups is 1. The number of nitrogens with zero attached hydrogens (tertiary/aromatic N) is 3. The fourth-order valence-electron chi connectivity index (χ4n) is 3.02. The molecule has 0 saturated carbocycles. The van der Waals surface area contributed by atoms with Gasteiger partial charge in [-0.2, -0.15) is 5.10 Å². The third kappa shape index (κ3) is 4.28. The molecule has 0 atom stereocenters. The highest BCUT2D eigenvalue weighted by Gasteiger charge is 2.25. The largest absolute Gasteiger partial charge is 0.378 e. The summed E-state index contributed by atoms with van der Waals surface area (Å²) < 4.78 is 7.04. The number of hydrogen-bond acceptors (Lipinski definition) is 4. The molecule has 0 bridgehead atoms. The number of aryl methyl sites for hydroxylation is 2. The molecule has 1 aliphatic rings. The average molecular weight is 388 g/mol. The zero-order chi connectivity index (χ0) is 19.4. The summed E-state index contributed by atoms with van der Waals surface area (Å²) >= 11 is 5.46. The van der Waals surface area contributed by atoms with Gasteiger partial charge in [0, 0.05) is 25.3 Å². The van der Waals surface area contributed by atoms with E-state index in [2.05, 4.69) is 28.7 Å². The van der Waals surface area contributed by atoms with Gasteiger partial charge in [-0.1, -0.05) is 12.1 Å². The number of ether oxygens (including phenoxy) is 1. The van der Waals surface area contributed by atoms with Crippen molar-refractivity contribution in [3.05, 3.63) is 41.2 Å². The zero-order valence-corrected chi connectivity index (χ0v) is 16.7. The van der Waals surface area contributed by atoms with Crippen molar-refractivity contribution in [2.45, 2.75) is 27.3 Å². The van der Waals surface area contributed by atoms with Crippen LogP contribution < -0.4 is 10.6 Å². The van der Waals surface area contributed by atoms with Crippen molar-refractivity contribution in [2.24, 2.45) is 0 Å². The maximum Gasteiger partial charge on any atom is 0.274 e. The van der Waals surface area contributed by atoms with Gasteiger partial charge in [-0.15, -0.1) is 0 Å². The van der Waals surface area contributed by atoms with Crippen LogP contribution in [0.4, 0.5) is 11.4 Å². The summed E-state index contributed by atoms with van der Waals surface area (Å²) in [5.74, 6) is -0.0605. The SMILES string of the molecule is CCn1ncc(NC(=S)Nc2cccc(C)c2C)c1C(=O)N1CCOCC1. The Morgan fingerprint density at radius 1 is 1.22 bits per heavy atom. The smallest absolute Gasteiger partial charge is 0.274 e. The second kappa shape index (κ2) is 8.49. The first-order valence-corrected chi connectivity index (χ1v) is 9.49. The Kier molecular flexibility index (Phi) is 6.08. The van der Waals surface area contributed by atoms with Gasteiger partial charge in [0.05, 0.1) is 25.1 Å². The van der Waals surface area contributed by atoms with Gasteiger partial charge in [0.1, 0.15) is 5.69 Å². The van der Waals surface area contributed by atoms with Crippen LogP contribution in [0.2, 0.25) is 0 Å². The van der Waals surface area contributed by atoms with Crippen molar-refractivity contribution in [1.29, 1.82) is 0 Å². The molecule has 7 nitrogen and oxygen atoms in total. The molecule has 1 aliphatic heterocycles. The molecule has 1 amide bonds. The number of morpholine rings is 1. The molecule has 2 heterocycles. The van der Waals surface area contributed by atoms with E-state index in [1.54, 1.807) is 15.8 Å². The molecule has 0 unspecified atom stereocenters. The van der Waals surface area contributed by atoms with Crippen LogP contribution in [0, 0.1) is 13.8 Å². The Bertz CT molecular complexity index is 843. The molecule has 1 aromatic carbocycles. The fourth-order valence-corrected chi connectivity index (χ4v) is 3.24. The van der Waals surface area contributed by atoms with Crippen molar-refractivity contribution in [1.82, 2.24) is 14.7 Å². The minimum absolute atomic E-state index is 0.0605. The lowest BCUT2D eigenvalue weighted by Crippen LogP contribution is -2.41. The first kappa shape index (κ1) is 19.3. The standard InChI is InChI=1S/C19H25N5O2S/c1-4-24-17(18(25)23-8-10-26-11-9-23)16(12-20-24)22-19(27)21-15-7-5-6-13(2)14(15)3/h5-7,12H,4,8-11H2,1-3H3,(H2,21,22,27). The lowest BCUT2D eigenvalue weighted by Gasteiger charge is -2.27. The normalized spacial score (nSPS) is 14.1. The molecular weight excluding hydrogens is 362 g/mol. The van der Waals surface area contributed by atoms with Crippen molar-refractivity contribution >= 4 is 34.6 Å². The van der Waals surface area contributed by atoms with Crippen LogP contribution in [0.5, 0.6) is 0 Å². The molecule has 0 spiro atoms. The van der Waals surface area contributed by atoms with Crippen molar-refractivity contribution < 1.29 is 9.53 Å². The van der Waals surface area contributed by atoms with E-state index in [1.165, 1.54) is 5.56 Å². The van der Waals surface area contributed by atoms with Gasteiger partial charge in [0.25, 0.3) is 5.91 Å². The second-order valence-electron chi connectivity index (χ2n) is 6.45. The Balaban J connectivity index is 1.78. The van der Waals surface area contributed by atoms with Crippen molar-refractivity contribution in [2.75, 3.05) is 36.9 Å². The van der Waals surface area contributed by atoms with Gasteiger partial charge in [-0.05, 0) is 50.2 Å². The monoisotopic (exact) mass is 387 g/mol. The van der Waals surface area contributed by atoms with Crippen LogP contribution in [0.3, 0.4) is 0 Å². The maximum atomic E-state index is 13.0. The van der Waals surface area contributed by atoms with E-state index < -0.39 is 0 Å². The lowest BCUT2D eigenvalue weighted by molar-refractivity contribution is 0.0295. The molecule has 0 radical (unpaired) electrons. The number of carbonyl (C=O) groups excluding carboxylic acids is 1. The van der Waals surface area contributed by atoms with Crippen LogP contribution in [0.1, 0.15) is 28.5 Å².